The molecule has 0 aliphatic carbocycles. The molecule has 2 aromatic rings. The highest BCUT2D eigenvalue weighted by Gasteiger charge is 2.05. The number of nitrogens with zero attached hydrogens (tertiary/aromatic N) is 1. The normalized spacial score (nSPS) is 10.8. The first-order chi connectivity index (χ1) is 11.7. The van der Waals surface area contributed by atoms with Crippen molar-refractivity contribution in [2.24, 2.45) is 5.10 Å². The molecule has 0 heterocycles. The van der Waals surface area contributed by atoms with Crippen LogP contribution in [0.15, 0.2) is 58.5 Å². The molecule has 0 aromatic heterocycles. The monoisotopic (exact) mass is 362 g/mol. The first-order valence-electron chi connectivity index (χ1n) is 7.54. The summed E-state index contributed by atoms with van der Waals surface area (Å²) in [4.78, 5) is 12.2. The number of carbonyl (C=O) groups excluding carboxylic acids is 1. The second-order valence-electron chi connectivity index (χ2n) is 4.84. The highest BCUT2D eigenvalue weighted by atomic mass is 35.5. The molecule has 2 rings (SSSR count). The predicted molar refractivity (Wildman–Crippen MR) is 101 cm³/mol. The van der Waals surface area contributed by atoms with E-state index >= 15 is 0 Å². The molecule has 1 N–H and O–H groups in total. The lowest BCUT2D eigenvalue weighted by Crippen LogP contribution is -2.03. The van der Waals surface area contributed by atoms with Crippen LogP contribution in [0.2, 0.25) is 0 Å². The number of ketones is 1. The number of hydrazone groups is 1. The topological polar surface area (TPSA) is 50.7 Å². The summed E-state index contributed by atoms with van der Waals surface area (Å²) in [6, 6.07) is 15.8. The fraction of sp³-hybridized carbons (Fsp3) is 0.222. The van der Waals surface area contributed by atoms with Crippen LogP contribution in [0.1, 0.15) is 12.5 Å². The SMILES string of the molecule is CCSc1cc(OCc2ccccc2)ccc1NN=CC(=O)CCl. The van der Waals surface area contributed by atoms with E-state index in [2.05, 4.69) is 17.5 Å². The molecule has 126 valence electrons. The Kier molecular flexibility index (Phi) is 7.65. The van der Waals surface area contributed by atoms with E-state index in [1.807, 2.05) is 48.5 Å². The number of anilines is 1. The fourth-order valence-electron chi connectivity index (χ4n) is 1.91. The third-order valence-corrected chi connectivity index (χ3v) is 4.23. The third kappa shape index (κ3) is 5.91. The quantitative estimate of drug-likeness (QED) is 0.307. The van der Waals surface area contributed by atoms with E-state index in [4.69, 9.17) is 16.3 Å². The van der Waals surface area contributed by atoms with Crippen LogP contribution in [-0.2, 0) is 11.4 Å². The van der Waals surface area contributed by atoms with Gasteiger partial charge in [0.1, 0.15) is 12.4 Å². The van der Waals surface area contributed by atoms with Gasteiger partial charge in [0, 0.05) is 4.90 Å². The maximum atomic E-state index is 11.1. The van der Waals surface area contributed by atoms with Crippen molar-refractivity contribution in [1.82, 2.24) is 0 Å². The minimum Gasteiger partial charge on any atom is -0.489 e. The average Bonchev–Trinajstić information content (AvgIpc) is 2.62. The van der Waals surface area contributed by atoms with Crippen molar-refractivity contribution >= 4 is 41.0 Å². The van der Waals surface area contributed by atoms with E-state index in [0.717, 1.165) is 27.6 Å². The van der Waals surface area contributed by atoms with Crippen molar-refractivity contribution < 1.29 is 9.53 Å². The van der Waals surface area contributed by atoms with Gasteiger partial charge in [-0.2, -0.15) is 5.10 Å². The van der Waals surface area contributed by atoms with Crippen molar-refractivity contribution in [3.05, 3.63) is 54.1 Å². The van der Waals surface area contributed by atoms with E-state index < -0.39 is 0 Å². The molecule has 0 bridgehead atoms. The molecular weight excluding hydrogens is 344 g/mol. The Hall–Kier alpha value is -1.98. The first-order valence-corrected chi connectivity index (χ1v) is 9.06. The van der Waals surface area contributed by atoms with Crippen molar-refractivity contribution in [3.8, 4) is 5.75 Å². The highest BCUT2D eigenvalue weighted by Crippen LogP contribution is 2.31. The number of nitrogens with one attached hydrogen (secondary N) is 1. The van der Waals surface area contributed by atoms with Crippen LogP contribution in [-0.4, -0.2) is 23.6 Å². The second-order valence-corrected chi connectivity index (χ2v) is 6.41. The molecule has 0 aliphatic heterocycles. The van der Waals surface area contributed by atoms with Crippen LogP contribution in [0.4, 0.5) is 5.69 Å². The number of carbonyl (C=O) groups is 1. The zero-order chi connectivity index (χ0) is 17.2. The molecule has 0 saturated heterocycles. The highest BCUT2D eigenvalue weighted by molar-refractivity contribution is 7.99. The number of benzene rings is 2. The van der Waals surface area contributed by atoms with Crippen LogP contribution >= 0.6 is 23.4 Å². The van der Waals surface area contributed by atoms with Crippen LogP contribution in [0.3, 0.4) is 0 Å². The second kappa shape index (κ2) is 10.0. The van der Waals surface area contributed by atoms with Gasteiger partial charge in [0.25, 0.3) is 0 Å². The van der Waals surface area contributed by atoms with E-state index in [9.17, 15) is 4.79 Å². The Bertz CT molecular complexity index is 693. The molecular formula is C18H19ClN2O2S. The first kappa shape index (κ1) is 18.4. The van der Waals surface area contributed by atoms with Gasteiger partial charge in [-0.25, -0.2) is 0 Å². The van der Waals surface area contributed by atoms with Crippen molar-refractivity contribution in [2.75, 3.05) is 17.1 Å². The van der Waals surface area contributed by atoms with Gasteiger partial charge in [-0.05, 0) is 29.5 Å². The maximum Gasteiger partial charge on any atom is 0.190 e. The molecule has 2 aromatic carbocycles. The Morgan fingerprint density at radius 2 is 2.08 bits per heavy atom. The molecule has 0 radical (unpaired) electrons. The summed E-state index contributed by atoms with van der Waals surface area (Å²) in [5, 5.41) is 3.92. The van der Waals surface area contributed by atoms with E-state index in [1.165, 1.54) is 6.21 Å². The zero-order valence-electron chi connectivity index (χ0n) is 13.4. The predicted octanol–water partition coefficient (Wildman–Crippen LogP) is 4.58. The molecule has 0 aliphatic rings. The van der Waals surface area contributed by atoms with E-state index in [0.29, 0.717) is 6.61 Å². The number of thioether (sulfide) groups is 1. The average molecular weight is 363 g/mol. The number of hydrogen-bond acceptors (Lipinski definition) is 5. The maximum absolute atomic E-state index is 11.1. The van der Waals surface area contributed by atoms with Gasteiger partial charge < -0.3 is 4.74 Å². The molecule has 24 heavy (non-hydrogen) atoms. The summed E-state index contributed by atoms with van der Waals surface area (Å²) in [5.74, 6) is 1.40. The summed E-state index contributed by atoms with van der Waals surface area (Å²) in [5.41, 5.74) is 4.82. The Labute approximate surface area is 151 Å². The molecule has 0 unspecified atom stereocenters. The Balaban J connectivity index is 2.05. The number of Topliss-reactive ketones (excluding diaryl/α,β-unsaturated/α-hetero) is 1. The molecule has 4 nitrogen and oxygen atoms in total. The minimum atomic E-state index is -0.239. The van der Waals surface area contributed by atoms with Crippen molar-refractivity contribution in [2.45, 2.75) is 18.4 Å². The number of hydrogen-bond donors (Lipinski definition) is 1. The van der Waals surface area contributed by atoms with Crippen LogP contribution in [0.25, 0.3) is 0 Å². The largest absolute Gasteiger partial charge is 0.489 e. The Morgan fingerprint density at radius 1 is 1.29 bits per heavy atom. The van der Waals surface area contributed by atoms with Gasteiger partial charge in [-0.15, -0.1) is 23.4 Å². The summed E-state index contributed by atoms with van der Waals surface area (Å²) < 4.78 is 5.84. The lowest BCUT2D eigenvalue weighted by atomic mass is 10.2. The summed E-state index contributed by atoms with van der Waals surface area (Å²) in [7, 11) is 0. The standard InChI is InChI=1S/C18H19ClN2O2S/c1-2-24-18-10-16(23-13-14-6-4-3-5-7-14)8-9-17(18)21-20-12-15(22)11-19/h3-10,12,21H,2,11,13H2,1H3. The lowest BCUT2D eigenvalue weighted by molar-refractivity contribution is -0.110. The smallest absolute Gasteiger partial charge is 0.190 e. The zero-order valence-corrected chi connectivity index (χ0v) is 14.9. The molecule has 0 fully saturated rings. The number of halogens is 1. The molecule has 0 saturated carbocycles. The Morgan fingerprint density at radius 3 is 2.79 bits per heavy atom. The summed E-state index contributed by atoms with van der Waals surface area (Å²) in [6.45, 7) is 2.60. The third-order valence-electron chi connectivity index (χ3n) is 3.03. The van der Waals surface area contributed by atoms with Crippen molar-refractivity contribution in [1.29, 1.82) is 0 Å². The van der Waals surface area contributed by atoms with Crippen LogP contribution < -0.4 is 10.2 Å². The van der Waals surface area contributed by atoms with Crippen LogP contribution in [0, 0.1) is 0 Å². The van der Waals surface area contributed by atoms with Crippen molar-refractivity contribution in [3.63, 3.8) is 0 Å². The van der Waals surface area contributed by atoms with E-state index in [1.54, 1.807) is 11.8 Å². The van der Waals surface area contributed by atoms with Crippen LogP contribution in [0.5, 0.6) is 5.75 Å². The number of rotatable bonds is 9. The summed E-state index contributed by atoms with van der Waals surface area (Å²) >= 11 is 7.11. The summed E-state index contributed by atoms with van der Waals surface area (Å²) in [6.07, 6.45) is 1.19. The fourth-order valence-corrected chi connectivity index (χ4v) is 2.76. The van der Waals surface area contributed by atoms with Gasteiger partial charge in [0.15, 0.2) is 5.78 Å². The van der Waals surface area contributed by atoms with Gasteiger partial charge in [0.2, 0.25) is 0 Å². The lowest BCUT2D eigenvalue weighted by Gasteiger charge is -2.11. The molecule has 0 spiro atoms. The van der Waals surface area contributed by atoms with Gasteiger partial charge in [-0.1, -0.05) is 37.3 Å². The van der Waals surface area contributed by atoms with E-state index in [-0.39, 0.29) is 11.7 Å². The number of alkyl halides is 1. The molecule has 0 atom stereocenters. The molecule has 6 heteroatoms. The minimum absolute atomic E-state index is 0.0754. The molecule has 0 amide bonds. The van der Waals surface area contributed by atoms with Gasteiger partial charge >= 0.3 is 0 Å². The van der Waals surface area contributed by atoms with Gasteiger partial charge in [-0.3, -0.25) is 10.2 Å². The number of ether oxygens (including phenoxy) is 1. The van der Waals surface area contributed by atoms with Gasteiger partial charge in [0.05, 0.1) is 17.8 Å².